The van der Waals surface area contributed by atoms with Crippen LogP contribution in [0.25, 0.3) is 0 Å². The topological polar surface area (TPSA) is 97.4 Å². The molecule has 0 fully saturated rings. The molecule has 2 rings (SSSR count). The van der Waals surface area contributed by atoms with Gasteiger partial charge in [-0.25, -0.2) is 18.1 Å². The van der Waals surface area contributed by atoms with Gasteiger partial charge in [0.15, 0.2) is 0 Å². The van der Waals surface area contributed by atoms with E-state index in [0.717, 1.165) is 0 Å². The predicted molar refractivity (Wildman–Crippen MR) is 81.3 cm³/mol. The normalized spacial score (nSPS) is 12.1. The quantitative estimate of drug-likeness (QED) is 0.658. The summed E-state index contributed by atoms with van der Waals surface area (Å²) in [5, 5.41) is 0.450. The Labute approximate surface area is 127 Å². The van der Waals surface area contributed by atoms with Crippen molar-refractivity contribution in [1.82, 2.24) is 9.71 Å². The molecule has 2 aromatic rings. The van der Waals surface area contributed by atoms with Crippen LogP contribution >= 0.6 is 11.6 Å². The maximum Gasteiger partial charge on any atom is 0.264 e. The van der Waals surface area contributed by atoms with Crippen LogP contribution < -0.4 is 10.5 Å². The van der Waals surface area contributed by atoms with E-state index in [0.29, 0.717) is 10.7 Å². The highest BCUT2D eigenvalue weighted by atomic mass is 35.5. The number of pyridine rings is 1. The number of nitrogens with one attached hydrogen (secondary N) is 1. The summed E-state index contributed by atoms with van der Waals surface area (Å²) in [5.74, 6) is -0.199. The average molecular weight is 325 g/mol. The van der Waals surface area contributed by atoms with Gasteiger partial charge in [-0.3, -0.25) is 4.98 Å². The summed E-state index contributed by atoms with van der Waals surface area (Å²) in [6, 6.07) is 11.1. The van der Waals surface area contributed by atoms with Gasteiger partial charge in [0.2, 0.25) is 5.96 Å². The summed E-state index contributed by atoms with van der Waals surface area (Å²) in [6.45, 7) is 0.190. The Morgan fingerprint density at radius 2 is 1.95 bits per heavy atom. The fourth-order valence-electron chi connectivity index (χ4n) is 1.50. The Bertz CT molecular complexity index is 731. The van der Waals surface area contributed by atoms with Crippen LogP contribution in [0.5, 0.6) is 0 Å². The molecule has 1 aromatic heterocycles. The molecular formula is C13H13ClN4O2S. The fraction of sp³-hybridized carbons (Fsp3) is 0.0769. The van der Waals surface area contributed by atoms with Crippen molar-refractivity contribution in [2.24, 2.45) is 10.7 Å². The van der Waals surface area contributed by atoms with Crippen molar-refractivity contribution < 1.29 is 8.42 Å². The van der Waals surface area contributed by atoms with E-state index in [4.69, 9.17) is 17.3 Å². The van der Waals surface area contributed by atoms with E-state index in [1.54, 1.807) is 18.3 Å². The van der Waals surface area contributed by atoms with E-state index in [1.165, 1.54) is 24.3 Å². The van der Waals surface area contributed by atoms with Gasteiger partial charge in [-0.05, 0) is 36.4 Å². The molecule has 0 saturated carbocycles. The third kappa shape index (κ3) is 4.44. The van der Waals surface area contributed by atoms with Crippen LogP contribution in [0.3, 0.4) is 0 Å². The van der Waals surface area contributed by atoms with Crippen molar-refractivity contribution in [3.63, 3.8) is 0 Å². The zero-order valence-corrected chi connectivity index (χ0v) is 12.5. The number of rotatable bonds is 4. The molecule has 3 N–H and O–H groups in total. The standard InChI is InChI=1S/C13H13ClN4O2S/c14-10-4-6-12(7-5-10)21(19,20)18-13(15)17-9-11-3-1-2-8-16-11/h1-8H,9H2,(H3,15,17,18). The Hall–Kier alpha value is -2.12. The van der Waals surface area contributed by atoms with E-state index in [-0.39, 0.29) is 17.4 Å². The van der Waals surface area contributed by atoms with Crippen molar-refractivity contribution in [3.8, 4) is 0 Å². The molecule has 0 spiro atoms. The molecule has 8 heteroatoms. The second kappa shape index (κ2) is 6.55. The lowest BCUT2D eigenvalue weighted by molar-refractivity contribution is 0.592. The number of sulfonamides is 1. The lowest BCUT2D eigenvalue weighted by Crippen LogP contribution is -2.36. The molecule has 0 atom stereocenters. The van der Waals surface area contributed by atoms with E-state index in [1.807, 2.05) is 6.07 Å². The molecule has 0 aliphatic heterocycles. The van der Waals surface area contributed by atoms with Crippen LogP contribution in [0.4, 0.5) is 0 Å². The van der Waals surface area contributed by atoms with Crippen LogP contribution in [-0.4, -0.2) is 19.4 Å². The maximum absolute atomic E-state index is 12.0. The number of aromatic nitrogens is 1. The minimum atomic E-state index is -3.77. The third-order valence-corrected chi connectivity index (χ3v) is 4.12. The second-order valence-corrected chi connectivity index (χ2v) is 6.20. The largest absolute Gasteiger partial charge is 0.369 e. The van der Waals surface area contributed by atoms with Gasteiger partial charge in [0.05, 0.1) is 17.1 Å². The van der Waals surface area contributed by atoms with Crippen LogP contribution in [0.2, 0.25) is 5.02 Å². The van der Waals surface area contributed by atoms with Gasteiger partial charge in [-0.15, -0.1) is 0 Å². The van der Waals surface area contributed by atoms with E-state index in [2.05, 4.69) is 14.7 Å². The van der Waals surface area contributed by atoms with Gasteiger partial charge in [-0.2, -0.15) is 0 Å². The average Bonchev–Trinajstić information content (AvgIpc) is 2.46. The van der Waals surface area contributed by atoms with Crippen LogP contribution in [0.15, 0.2) is 58.5 Å². The summed E-state index contributed by atoms with van der Waals surface area (Å²) in [5.41, 5.74) is 6.27. The highest BCUT2D eigenvalue weighted by Gasteiger charge is 2.14. The van der Waals surface area contributed by atoms with Crippen molar-refractivity contribution in [1.29, 1.82) is 0 Å². The zero-order valence-electron chi connectivity index (χ0n) is 10.9. The number of halogens is 1. The smallest absolute Gasteiger partial charge is 0.264 e. The Kier molecular flexibility index (Phi) is 4.77. The molecule has 0 amide bonds. The minimum absolute atomic E-state index is 0.0582. The van der Waals surface area contributed by atoms with Crippen LogP contribution in [0.1, 0.15) is 5.69 Å². The van der Waals surface area contributed by atoms with Gasteiger partial charge < -0.3 is 5.73 Å². The SMILES string of the molecule is NC(=NCc1ccccn1)NS(=O)(=O)c1ccc(Cl)cc1. The second-order valence-electron chi connectivity index (χ2n) is 4.08. The number of hydrogen-bond acceptors (Lipinski definition) is 4. The van der Waals surface area contributed by atoms with E-state index < -0.39 is 10.0 Å². The molecule has 6 nitrogen and oxygen atoms in total. The Morgan fingerprint density at radius 3 is 2.57 bits per heavy atom. The molecule has 0 aliphatic rings. The Morgan fingerprint density at radius 1 is 1.24 bits per heavy atom. The number of benzene rings is 1. The number of aliphatic imine (C=N–C) groups is 1. The van der Waals surface area contributed by atoms with Gasteiger partial charge in [-0.1, -0.05) is 17.7 Å². The third-order valence-electron chi connectivity index (χ3n) is 2.50. The lowest BCUT2D eigenvalue weighted by atomic mass is 10.3. The van der Waals surface area contributed by atoms with Gasteiger partial charge >= 0.3 is 0 Å². The molecule has 21 heavy (non-hydrogen) atoms. The highest BCUT2D eigenvalue weighted by Crippen LogP contribution is 2.13. The van der Waals surface area contributed by atoms with Crippen LogP contribution in [0, 0.1) is 0 Å². The molecule has 0 aliphatic carbocycles. The molecule has 1 heterocycles. The number of hydrogen-bond donors (Lipinski definition) is 2. The fourth-order valence-corrected chi connectivity index (χ4v) is 2.58. The summed E-state index contributed by atoms with van der Waals surface area (Å²) in [6.07, 6.45) is 1.62. The molecular weight excluding hydrogens is 312 g/mol. The molecule has 1 aromatic carbocycles. The number of nitrogens with two attached hydrogens (primary N) is 1. The molecule has 0 unspecified atom stereocenters. The Balaban J connectivity index is 2.07. The van der Waals surface area contributed by atoms with Crippen molar-refractivity contribution in [3.05, 3.63) is 59.4 Å². The summed E-state index contributed by atoms with van der Waals surface area (Å²) in [4.78, 5) is 8.06. The van der Waals surface area contributed by atoms with E-state index >= 15 is 0 Å². The predicted octanol–water partition coefficient (Wildman–Crippen LogP) is 1.53. The first-order valence-corrected chi connectivity index (χ1v) is 7.82. The molecule has 110 valence electrons. The summed E-state index contributed by atoms with van der Waals surface area (Å²) < 4.78 is 26.3. The highest BCUT2D eigenvalue weighted by molar-refractivity contribution is 7.90. The first-order chi connectivity index (χ1) is 9.97. The first kappa shape index (κ1) is 15.3. The van der Waals surface area contributed by atoms with E-state index in [9.17, 15) is 8.42 Å². The lowest BCUT2D eigenvalue weighted by Gasteiger charge is -2.07. The number of guanidine groups is 1. The van der Waals surface area contributed by atoms with Crippen molar-refractivity contribution in [2.75, 3.05) is 0 Å². The molecule has 0 radical (unpaired) electrons. The monoisotopic (exact) mass is 324 g/mol. The zero-order chi connectivity index (χ0) is 15.3. The first-order valence-electron chi connectivity index (χ1n) is 5.95. The summed E-state index contributed by atoms with van der Waals surface area (Å²) in [7, 11) is -3.77. The van der Waals surface area contributed by atoms with Crippen LogP contribution in [-0.2, 0) is 16.6 Å². The summed E-state index contributed by atoms with van der Waals surface area (Å²) >= 11 is 5.71. The molecule has 0 bridgehead atoms. The number of nitrogens with zero attached hydrogens (tertiary/aromatic N) is 2. The van der Waals surface area contributed by atoms with Crippen molar-refractivity contribution >= 4 is 27.6 Å². The molecule has 0 saturated heterocycles. The van der Waals surface area contributed by atoms with Gasteiger partial charge in [0, 0.05) is 11.2 Å². The minimum Gasteiger partial charge on any atom is -0.369 e. The van der Waals surface area contributed by atoms with Crippen molar-refractivity contribution in [2.45, 2.75) is 11.4 Å². The maximum atomic E-state index is 12.0. The van der Waals surface area contributed by atoms with Gasteiger partial charge in [0.1, 0.15) is 0 Å². The van der Waals surface area contributed by atoms with Gasteiger partial charge in [0.25, 0.3) is 10.0 Å².